The summed E-state index contributed by atoms with van der Waals surface area (Å²) < 4.78 is 5.49. The lowest BCUT2D eigenvalue weighted by molar-refractivity contribution is 0.0911. The van der Waals surface area contributed by atoms with Gasteiger partial charge in [-0.05, 0) is 50.9 Å². The van der Waals surface area contributed by atoms with Crippen molar-refractivity contribution in [1.82, 2.24) is 5.32 Å². The molecular formula is C18H27NO2. The van der Waals surface area contributed by atoms with Crippen molar-refractivity contribution in [2.75, 3.05) is 14.2 Å². The first-order valence-electron chi connectivity index (χ1n) is 7.89. The highest BCUT2D eigenvalue weighted by atomic mass is 16.5. The Balaban J connectivity index is 2.26. The molecule has 0 atom stereocenters. The Kier molecular flexibility index (Phi) is 5.04. The predicted octanol–water partition coefficient (Wildman–Crippen LogP) is 3.81. The van der Waals surface area contributed by atoms with Crippen molar-refractivity contribution in [2.24, 2.45) is 0 Å². The fraction of sp³-hybridized carbons (Fsp3) is 0.611. The number of hydrogen-bond donors (Lipinski definition) is 1. The second-order valence-electron chi connectivity index (χ2n) is 6.28. The first-order chi connectivity index (χ1) is 10.0. The molecule has 1 aromatic carbocycles. The Morgan fingerprint density at radius 2 is 1.90 bits per heavy atom. The Bertz CT molecular complexity index is 516. The molecule has 1 saturated carbocycles. The molecule has 0 aromatic heterocycles. The number of hydrogen-bond acceptors (Lipinski definition) is 3. The lowest BCUT2D eigenvalue weighted by Gasteiger charge is -2.36. The van der Waals surface area contributed by atoms with Gasteiger partial charge in [-0.25, -0.2) is 0 Å². The molecule has 0 spiro atoms. The van der Waals surface area contributed by atoms with Crippen LogP contribution >= 0.6 is 0 Å². The molecule has 116 valence electrons. The summed E-state index contributed by atoms with van der Waals surface area (Å²) in [4.78, 5) is 12.8. The molecule has 0 radical (unpaired) electrons. The van der Waals surface area contributed by atoms with Gasteiger partial charge >= 0.3 is 0 Å². The molecular weight excluding hydrogens is 262 g/mol. The number of aryl methyl sites for hydroxylation is 1. The van der Waals surface area contributed by atoms with E-state index in [2.05, 4.69) is 5.32 Å². The van der Waals surface area contributed by atoms with Gasteiger partial charge in [0.25, 0.3) is 0 Å². The van der Waals surface area contributed by atoms with E-state index in [9.17, 15) is 4.79 Å². The van der Waals surface area contributed by atoms with E-state index in [1.807, 2.05) is 33.0 Å². The highest BCUT2D eigenvalue weighted by Gasteiger charge is 2.33. The topological polar surface area (TPSA) is 38.3 Å². The van der Waals surface area contributed by atoms with Crippen LogP contribution in [0.2, 0.25) is 0 Å². The van der Waals surface area contributed by atoms with E-state index in [-0.39, 0.29) is 11.3 Å². The van der Waals surface area contributed by atoms with Gasteiger partial charge in [0.15, 0.2) is 5.78 Å². The average molecular weight is 289 g/mol. The zero-order valence-electron chi connectivity index (χ0n) is 13.7. The summed E-state index contributed by atoms with van der Waals surface area (Å²) in [5, 5.41) is 3.42. The van der Waals surface area contributed by atoms with Crippen LogP contribution in [0.15, 0.2) is 12.1 Å². The van der Waals surface area contributed by atoms with Gasteiger partial charge in [-0.2, -0.15) is 0 Å². The third-order valence-electron chi connectivity index (χ3n) is 5.02. The molecule has 0 heterocycles. The van der Waals surface area contributed by atoms with Gasteiger partial charge in [0.1, 0.15) is 5.75 Å². The molecule has 1 fully saturated rings. The van der Waals surface area contributed by atoms with E-state index >= 15 is 0 Å². The molecule has 1 aromatic rings. The Morgan fingerprint density at radius 3 is 2.48 bits per heavy atom. The molecule has 1 aliphatic carbocycles. The number of benzene rings is 1. The molecule has 0 amide bonds. The monoisotopic (exact) mass is 289 g/mol. The summed E-state index contributed by atoms with van der Waals surface area (Å²) in [6.07, 6.45) is 6.42. The minimum atomic E-state index is -0.0286. The molecule has 21 heavy (non-hydrogen) atoms. The second-order valence-corrected chi connectivity index (χ2v) is 6.28. The van der Waals surface area contributed by atoms with E-state index in [0.717, 1.165) is 35.3 Å². The van der Waals surface area contributed by atoms with Crippen LogP contribution in [0.5, 0.6) is 5.75 Å². The van der Waals surface area contributed by atoms with Gasteiger partial charge in [0.05, 0.1) is 12.7 Å². The van der Waals surface area contributed by atoms with Crippen molar-refractivity contribution < 1.29 is 9.53 Å². The van der Waals surface area contributed by atoms with Gasteiger partial charge < -0.3 is 10.1 Å². The van der Waals surface area contributed by atoms with Gasteiger partial charge in [-0.1, -0.05) is 25.3 Å². The zero-order valence-corrected chi connectivity index (χ0v) is 13.7. The van der Waals surface area contributed by atoms with E-state index in [0.29, 0.717) is 6.42 Å². The molecule has 3 nitrogen and oxygen atoms in total. The van der Waals surface area contributed by atoms with Crippen LogP contribution in [0, 0.1) is 13.8 Å². The number of rotatable bonds is 5. The smallest absolute Gasteiger partial charge is 0.168 e. The number of Topliss-reactive ketones (excluding diaryl/α,β-unsaturated/α-hetero) is 1. The average Bonchev–Trinajstić information content (AvgIpc) is 2.50. The summed E-state index contributed by atoms with van der Waals surface area (Å²) in [7, 11) is 3.63. The van der Waals surface area contributed by atoms with Crippen molar-refractivity contribution in [2.45, 2.75) is 57.9 Å². The summed E-state index contributed by atoms with van der Waals surface area (Å²) in [6, 6.07) is 3.92. The molecule has 1 N–H and O–H groups in total. The zero-order chi connectivity index (χ0) is 15.5. The number of carbonyl (C=O) groups is 1. The summed E-state index contributed by atoms with van der Waals surface area (Å²) >= 11 is 0. The van der Waals surface area contributed by atoms with Crippen LogP contribution in [0.4, 0.5) is 0 Å². The molecule has 0 unspecified atom stereocenters. The molecule has 0 bridgehead atoms. The van der Waals surface area contributed by atoms with Gasteiger partial charge in [-0.15, -0.1) is 0 Å². The van der Waals surface area contributed by atoms with E-state index in [1.165, 1.54) is 19.3 Å². The largest absolute Gasteiger partial charge is 0.496 e. The van der Waals surface area contributed by atoms with Crippen molar-refractivity contribution in [3.8, 4) is 5.75 Å². The molecule has 2 rings (SSSR count). The fourth-order valence-corrected chi connectivity index (χ4v) is 3.42. The first-order valence-corrected chi connectivity index (χ1v) is 7.89. The minimum Gasteiger partial charge on any atom is -0.496 e. The Hall–Kier alpha value is -1.35. The predicted molar refractivity (Wildman–Crippen MR) is 86.3 cm³/mol. The van der Waals surface area contributed by atoms with Gasteiger partial charge in [0, 0.05) is 12.0 Å². The highest BCUT2D eigenvalue weighted by Crippen LogP contribution is 2.34. The maximum Gasteiger partial charge on any atom is 0.168 e. The normalized spacial score (nSPS) is 17.5. The van der Waals surface area contributed by atoms with Crippen molar-refractivity contribution in [1.29, 1.82) is 0 Å². The van der Waals surface area contributed by atoms with Crippen LogP contribution in [-0.2, 0) is 0 Å². The highest BCUT2D eigenvalue weighted by molar-refractivity contribution is 5.99. The SMILES string of the molecule is CNC1(CC(=O)c2ccc(C)c(C)c2OC)CCCCC1. The molecule has 1 aliphatic rings. The minimum absolute atomic E-state index is 0.0286. The Morgan fingerprint density at radius 1 is 1.24 bits per heavy atom. The van der Waals surface area contributed by atoms with Crippen LogP contribution in [0.25, 0.3) is 0 Å². The first kappa shape index (κ1) is 16.0. The molecule has 0 aliphatic heterocycles. The van der Waals surface area contributed by atoms with E-state index < -0.39 is 0 Å². The van der Waals surface area contributed by atoms with Gasteiger partial charge in [0.2, 0.25) is 0 Å². The number of methoxy groups -OCH3 is 1. The van der Waals surface area contributed by atoms with Crippen molar-refractivity contribution in [3.05, 3.63) is 28.8 Å². The van der Waals surface area contributed by atoms with Crippen molar-refractivity contribution >= 4 is 5.78 Å². The number of carbonyl (C=O) groups excluding carboxylic acids is 1. The Labute approximate surface area is 128 Å². The maximum atomic E-state index is 12.8. The van der Waals surface area contributed by atoms with Crippen LogP contribution in [-0.4, -0.2) is 25.5 Å². The van der Waals surface area contributed by atoms with Gasteiger partial charge in [-0.3, -0.25) is 4.79 Å². The van der Waals surface area contributed by atoms with Crippen LogP contribution in [0.3, 0.4) is 0 Å². The maximum absolute atomic E-state index is 12.8. The van der Waals surface area contributed by atoms with Crippen LogP contribution < -0.4 is 10.1 Å². The lowest BCUT2D eigenvalue weighted by Crippen LogP contribution is -2.46. The summed E-state index contributed by atoms with van der Waals surface area (Å²) in [5.74, 6) is 0.924. The summed E-state index contributed by atoms with van der Waals surface area (Å²) in [5.41, 5.74) is 2.91. The third kappa shape index (κ3) is 3.29. The van der Waals surface area contributed by atoms with Crippen LogP contribution in [0.1, 0.15) is 60.0 Å². The lowest BCUT2D eigenvalue weighted by atomic mass is 9.77. The molecule has 0 saturated heterocycles. The van der Waals surface area contributed by atoms with E-state index in [4.69, 9.17) is 4.74 Å². The number of ether oxygens (including phenoxy) is 1. The second kappa shape index (κ2) is 6.61. The van der Waals surface area contributed by atoms with Crippen molar-refractivity contribution in [3.63, 3.8) is 0 Å². The molecule has 3 heteroatoms. The standard InChI is InChI=1S/C18H27NO2/c1-13-8-9-15(17(21-4)14(13)2)16(20)12-18(19-3)10-6-5-7-11-18/h8-9,19H,5-7,10-12H2,1-4H3. The number of nitrogens with one attached hydrogen (secondary N) is 1. The summed E-state index contributed by atoms with van der Waals surface area (Å²) in [6.45, 7) is 4.06. The number of ketones is 1. The third-order valence-corrected chi connectivity index (χ3v) is 5.02. The quantitative estimate of drug-likeness (QED) is 0.838. The van der Waals surface area contributed by atoms with E-state index in [1.54, 1.807) is 7.11 Å². The fourth-order valence-electron chi connectivity index (χ4n) is 3.42.